The minimum atomic E-state index is -0.605. The molecular weight excluding hydrogens is 453 g/mol. The average Bonchev–Trinajstić information content (AvgIpc) is 2.84. The van der Waals surface area contributed by atoms with Crippen LogP contribution in [-0.2, 0) is 14.3 Å². The summed E-state index contributed by atoms with van der Waals surface area (Å²) >= 11 is 0. The maximum Gasteiger partial charge on any atom is 0.223 e. The van der Waals surface area contributed by atoms with E-state index in [1.54, 1.807) is 6.08 Å². The van der Waals surface area contributed by atoms with E-state index in [0.717, 1.165) is 56.1 Å². The first-order valence-electron chi connectivity index (χ1n) is 14.1. The number of alkyl halides is 1. The van der Waals surface area contributed by atoms with Crippen molar-refractivity contribution in [3.05, 3.63) is 35.1 Å². The van der Waals surface area contributed by atoms with Gasteiger partial charge in [0.25, 0.3) is 0 Å². The highest BCUT2D eigenvalue weighted by molar-refractivity contribution is 6.05. The Kier molecular flexibility index (Phi) is 5.93. The van der Waals surface area contributed by atoms with Crippen LogP contribution in [0.1, 0.15) is 92.4 Å². The van der Waals surface area contributed by atoms with Gasteiger partial charge in [-0.2, -0.15) is 0 Å². The number of carbonyl (C=O) groups is 2. The smallest absolute Gasteiger partial charge is 0.223 e. The lowest BCUT2D eigenvalue weighted by molar-refractivity contribution is -0.224. The Morgan fingerprint density at radius 2 is 1.78 bits per heavy atom. The third-order valence-corrected chi connectivity index (χ3v) is 12.3. The molecule has 0 aromatic rings. The first kappa shape index (κ1) is 25.7. The van der Waals surface area contributed by atoms with Gasteiger partial charge in [-0.05, 0) is 115 Å². The summed E-state index contributed by atoms with van der Waals surface area (Å²) in [5.41, 5.74) is 8.19. The predicted octanol–water partition coefficient (Wildman–Crippen LogP) is 6.61. The van der Waals surface area contributed by atoms with Gasteiger partial charge in [0.1, 0.15) is 13.3 Å². The summed E-state index contributed by atoms with van der Waals surface area (Å²) in [6.07, 6.45) is 15.4. The molecule has 0 heterocycles. The van der Waals surface area contributed by atoms with E-state index >= 15 is 0 Å². The Morgan fingerprint density at radius 3 is 2.44 bits per heavy atom. The molecule has 5 heteroatoms. The lowest BCUT2D eigenvalue weighted by Crippen LogP contribution is -2.65. The maximum absolute atomic E-state index is 13.0. The van der Waals surface area contributed by atoms with E-state index in [9.17, 15) is 14.0 Å². The second-order valence-corrected chi connectivity index (χ2v) is 13.6. The van der Waals surface area contributed by atoms with Crippen molar-refractivity contribution < 1.29 is 18.7 Å². The van der Waals surface area contributed by atoms with Gasteiger partial charge in [0.05, 0.1) is 0 Å². The molecule has 0 aliphatic heterocycles. The van der Waals surface area contributed by atoms with Crippen molar-refractivity contribution in [2.45, 2.75) is 92.4 Å². The highest BCUT2D eigenvalue weighted by Crippen LogP contribution is 2.77. The van der Waals surface area contributed by atoms with E-state index in [1.807, 2.05) is 6.08 Å². The highest BCUT2D eigenvalue weighted by Gasteiger charge is 2.69. The first-order chi connectivity index (χ1) is 16.9. The van der Waals surface area contributed by atoms with Gasteiger partial charge in [-0.15, -0.1) is 0 Å². The number of hydrogen-bond acceptors (Lipinski definition) is 3. The first-order valence-corrected chi connectivity index (χ1v) is 14.1. The monoisotopic (exact) mass is 497 g/mol. The number of ketones is 1. The van der Waals surface area contributed by atoms with Crippen LogP contribution in [0.5, 0.6) is 0 Å². The van der Waals surface area contributed by atoms with E-state index in [-0.39, 0.29) is 45.7 Å². The van der Waals surface area contributed by atoms with Crippen LogP contribution in [0.4, 0.5) is 4.39 Å². The number of allylic oxidation sites excluding steroid dienone is 5. The third kappa shape index (κ3) is 3.29. The second kappa shape index (κ2) is 8.30. The molecule has 2 N–H and O–H groups in total. The van der Waals surface area contributed by atoms with Crippen molar-refractivity contribution in [3.8, 4) is 0 Å². The largest absolute Gasteiger partial charge is 0.487 e. The summed E-state index contributed by atoms with van der Waals surface area (Å²) in [5.74, 6) is 0.871. The lowest BCUT2D eigenvalue weighted by atomic mass is 9.31. The van der Waals surface area contributed by atoms with Crippen LogP contribution in [0.3, 0.4) is 0 Å². The summed E-state index contributed by atoms with van der Waals surface area (Å²) in [6, 6.07) is 0. The molecule has 0 radical (unpaired) electrons. The van der Waals surface area contributed by atoms with Crippen LogP contribution in [0.15, 0.2) is 35.1 Å². The average molecular weight is 498 g/mol. The summed E-state index contributed by atoms with van der Waals surface area (Å²) in [5, 5.41) is 0. The number of carbonyl (C=O) groups excluding carboxylic acids is 2. The van der Waals surface area contributed by atoms with Crippen molar-refractivity contribution in [2.75, 3.05) is 13.3 Å². The third-order valence-electron chi connectivity index (χ3n) is 12.3. The molecule has 36 heavy (non-hydrogen) atoms. The minimum absolute atomic E-state index is 0.0879. The van der Waals surface area contributed by atoms with Crippen LogP contribution in [0, 0.1) is 38.9 Å². The fourth-order valence-corrected chi connectivity index (χ4v) is 9.87. The molecule has 5 rings (SSSR count). The zero-order valence-corrected chi connectivity index (χ0v) is 22.8. The highest BCUT2D eigenvalue weighted by atomic mass is 19.1. The Morgan fingerprint density at radius 1 is 1.06 bits per heavy atom. The zero-order valence-electron chi connectivity index (χ0n) is 22.8. The molecule has 0 saturated heterocycles. The number of ether oxygens (including phenoxy) is 1. The molecule has 3 fully saturated rings. The van der Waals surface area contributed by atoms with Crippen molar-refractivity contribution >= 4 is 11.7 Å². The topological polar surface area (TPSA) is 69.4 Å². The van der Waals surface area contributed by atoms with Crippen molar-refractivity contribution in [3.63, 3.8) is 0 Å². The number of hydrogen-bond donors (Lipinski definition) is 1. The standard InChI is InChI=1S/C31H44FNO3/c1-6-31-14-12-29(4)21-18-22(34)23(36-16-15-32)17-20(21)7-8-24(29)30(31,5)13-11-27(2)9-10-28(3,26(33)35)19-25(27)31/h7,17-18,24-25H,6,8-16,19H2,1-5H3,(H2,33,35)/t24?,25-,27-,28-,29+,30-,31+/m1/s1. The molecule has 198 valence electrons. The Bertz CT molecular complexity index is 1080. The number of halogens is 1. The molecule has 0 aromatic heterocycles. The quantitative estimate of drug-likeness (QED) is 0.465. The van der Waals surface area contributed by atoms with E-state index in [2.05, 4.69) is 40.7 Å². The Balaban J connectivity index is 1.56. The van der Waals surface area contributed by atoms with Gasteiger partial charge >= 0.3 is 0 Å². The number of primary amides is 1. The maximum atomic E-state index is 13.0. The molecule has 7 atom stereocenters. The number of rotatable bonds is 5. The molecule has 0 aromatic carbocycles. The fraction of sp³-hybridized carbons (Fsp3) is 0.742. The summed E-state index contributed by atoms with van der Waals surface area (Å²) in [6.45, 7) is 11.2. The van der Waals surface area contributed by atoms with E-state index in [1.165, 1.54) is 12.8 Å². The van der Waals surface area contributed by atoms with Crippen molar-refractivity contribution in [1.82, 2.24) is 0 Å². The molecule has 5 aliphatic rings. The van der Waals surface area contributed by atoms with Crippen molar-refractivity contribution in [1.29, 1.82) is 0 Å². The van der Waals surface area contributed by atoms with Crippen LogP contribution in [-0.4, -0.2) is 25.0 Å². The summed E-state index contributed by atoms with van der Waals surface area (Å²) < 4.78 is 18.1. The molecular formula is C31H44FNO3. The molecule has 0 bridgehead atoms. The van der Waals surface area contributed by atoms with E-state index in [0.29, 0.717) is 11.8 Å². The van der Waals surface area contributed by atoms with E-state index < -0.39 is 12.1 Å². The SMILES string of the molecule is CC[C@@]12CC[C@@]3(C)C4=CC(=O)C(OCCF)=CC4=CCC3[C@@]1(C)CC[C@@]1(C)CC[C@@](C)(C(N)=O)C[C@H]12. The van der Waals surface area contributed by atoms with E-state index in [4.69, 9.17) is 10.5 Å². The number of amides is 1. The van der Waals surface area contributed by atoms with Gasteiger partial charge in [-0.25, -0.2) is 4.39 Å². The van der Waals surface area contributed by atoms with Gasteiger partial charge < -0.3 is 10.5 Å². The van der Waals surface area contributed by atoms with Crippen LogP contribution >= 0.6 is 0 Å². The summed E-state index contributed by atoms with van der Waals surface area (Å²) in [7, 11) is 0. The normalized spacial score (nSPS) is 45.7. The predicted molar refractivity (Wildman–Crippen MR) is 139 cm³/mol. The van der Waals surface area contributed by atoms with Gasteiger partial charge in [-0.1, -0.05) is 40.7 Å². The fourth-order valence-electron chi connectivity index (χ4n) is 9.87. The molecule has 0 spiro atoms. The van der Waals surface area contributed by atoms with Crippen LogP contribution < -0.4 is 5.73 Å². The lowest BCUT2D eigenvalue weighted by Gasteiger charge is -2.72. The molecule has 3 saturated carbocycles. The van der Waals surface area contributed by atoms with Crippen LogP contribution in [0.2, 0.25) is 0 Å². The molecule has 5 aliphatic carbocycles. The second-order valence-electron chi connectivity index (χ2n) is 13.6. The number of nitrogens with two attached hydrogens (primary N) is 1. The molecule has 1 amide bonds. The number of fused-ring (bicyclic) bond motifs is 7. The van der Waals surface area contributed by atoms with Gasteiger partial charge in [0.15, 0.2) is 5.76 Å². The molecule has 1 unspecified atom stereocenters. The minimum Gasteiger partial charge on any atom is -0.487 e. The van der Waals surface area contributed by atoms with Gasteiger partial charge in [0, 0.05) is 5.41 Å². The van der Waals surface area contributed by atoms with Gasteiger partial charge in [-0.3, -0.25) is 9.59 Å². The summed E-state index contributed by atoms with van der Waals surface area (Å²) in [4.78, 5) is 25.5. The molecule has 4 nitrogen and oxygen atoms in total. The van der Waals surface area contributed by atoms with Crippen LogP contribution in [0.25, 0.3) is 0 Å². The Hall–Kier alpha value is -1.91. The Labute approximate surface area is 216 Å². The van der Waals surface area contributed by atoms with Crippen molar-refractivity contribution in [2.24, 2.45) is 44.6 Å². The van der Waals surface area contributed by atoms with Gasteiger partial charge in [0.2, 0.25) is 11.7 Å². The zero-order chi connectivity index (χ0) is 26.1.